The largest absolute Gasteiger partial charge is 0.633 e. The Morgan fingerprint density at radius 2 is 1.34 bits per heavy atom. The third-order valence-corrected chi connectivity index (χ3v) is 13.4. The zero-order valence-corrected chi connectivity index (χ0v) is 28.1. The molecule has 10 nitrogen and oxygen atoms in total. The van der Waals surface area contributed by atoms with Crippen LogP contribution in [-0.2, 0) is 33.3 Å². The number of nitrogens with zero attached hydrogens (tertiary/aromatic N) is 2. The zero-order chi connectivity index (χ0) is 33.6. The Morgan fingerprint density at radius 1 is 0.830 bits per heavy atom. The number of hydroxylamine groups is 3. The van der Waals surface area contributed by atoms with Crippen molar-refractivity contribution in [3.05, 3.63) is 62.9 Å². The average Bonchev–Trinajstić information content (AvgIpc) is 3.63. The van der Waals surface area contributed by atoms with E-state index in [0.29, 0.717) is 43.0 Å². The highest BCUT2D eigenvalue weighted by Gasteiger charge is 2.68. The molecule has 4 heterocycles. The molecule has 2 aromatic carbocycles. The molecule has 2 saturated heterocycles. The van der Waals surface area contributed by atoms with Gasteiger partial charge in [0.05, 0.1) is 25.0 Å². The van der Waals surface area contributed by atoms with Crippen LogP contribution in [-0.4, -0.2) is 95.3 Å². The number of ketones is 2. The minimum atomic E-state index is -0.343. The third kappa shape index (κ3) is 4.18. The van der Waals surface area contributed by atoms with Crippen molar-refractivity contribution in [2.75, 3.05) is 34.3 Å². The van der Waals surface area contributed by atoms with Crippen molar-refractivity contribution in [3.8, 4) is 11.5 Å². The SMILES string of the molecule is CO.Cc1ccc2c3c1O[C@@H]1C(=O)CC[C@@H]4C(C2)N(C)CC[C@@]314.Cc1ccc2c3c1O[C@@H]1C(=O)CC[C@@H]4C(C2)[N@@+](C)([O-])CC[C@@]314.OO. The minimum Gasteiger partial charge on any atom is -0.633 e. The van der Waals surface area contributed by atoms with Gasteiger partial charge >= 0.3 is 0 Å². The summed E-state index contributed by atoms with van der Waals surface area (Å²) in [7, 11) is 5.07. The predicted molar refractivity (Wildman–Crippen MR) is 175 cm³/mol. The van der Waals surface area contributed by atoms with E-state index in [0.717, 1.165) is 69.2 Å². The number of likely N-dealkylation sites (N-methyl/N-ethyl adjacent to an activating group) is 2. The summed E-state index contributed by atoms with van der Waals surface area (Å²) in [5, 5.41) is 32.0. The summed E-state index contributed by atoms with van der Waals surface area (Å²) in [5.74, 6) is 3.44. The van der Waals surface area contributed by atoms with Crippen molar-refractivity contribution < 1.29 is 39.3 Å². The van der Waals surface area contributed by atoms with Crippen LogP contribution in [0.15, 0.2) is 24.3 Å². The van der Waals surface area contributed by atoms with Gasteiger partial charge in [-0.2, -0.15) is 0 Å². The summed E-state index contributed by atoms with van der Waals surface area (Å²) in [6.45, 7) is 5.86. The number of benzene rings is 2. The van der Waals surface area contributed by atoms with E-state index in [4.69, 9.17) is 25.1 Å². The lowest BCUT2D eigenvalue weighted by atomic mass is 9.51. The van der Waals surface area contributed by atoms with E-state index in [9.17, 15) is 14.8 Å². The molecule has 4 aliphatic carbocycles. The summed E-state index contributed by atoms with van der Waals surface area (Å²) in [5.41, 5.74) is 7.47. The molecule has 2 aromatic rings. The van der Waals surface area contributed by atoms with Crippen molar-refractivity contribution in [2.45, 2.75) is 100 Å². The summed E-state index contributed by atoms with van der Waals surface area (Å²) in [6, 6.07) is 9.35. The molecule has 2 spiro atoms. The highest BCUT2D eigenvalue weighted by Crippen LogP contribution is 2.64. The topological polar surface area (TPSA) is 140 Å². The number of aryl methyl sites for hydroxylation is 2. The summed E-state index contributed by atoms with van der Waals surface area (Å²) in [6.07, 6.45) is 6.42. The Labute approximate surface area is 276 Å². The van der Waals surface area contributed by atoms with E-state index in [1.165, 1.54) is 27.8 Å². The van der Waals surface area contributed by atoms with Gasteiger partial charge in [0.25, 0.3) is 0 Å². The highest BCUT2D eigenvalue weighted by atomic mass is 17.0. The number of aliphatic hydroxyl groups is 1. The molecule has 0 aromatic heterocycles. The molecule has 3 N–H and O–H groups in total. The van der Waals surface area contributed by atoms with E-state index in [1.54, 1.807) is 0 Å². The minimum absolute atomic E-state index is 0.0125. The number of likely N-dealkylation sites (tertiary alicyclic amines) is 2. The second kappa shape index (κ2) is 11.4. The molecule has 9 atom stereocenters. The number of piperidine rings is 2. The standard InChI is InChI=1S/C18H21NO3.C18H21NO2.CH4O.H2O2/c1-10-3-4-11-9-13-12-5-6-14(20)17-18(12,7-8-19(13,2)21)15(11)16(10)22-17;1-10-3-4-11-9-13-12-5-6-14(20)17-18(12,7-8-19(13)2)15(11)16(10)21-17;2*1-2/h3-4,12-13,17H,5-9H2,1-2H3;3-4,12-13,17H,5-9H2,1-2H3;2H,1H3;1-2H/t12-,13?,17-,18-,19+;12-,13?,17-,18-;;/m11../s1. The second-order valence-electron chi connectivity index (χ2n) is 15.2. The molecule has 0 amide bonds. The van der Waals surface area contributed by atoms with Crippen LogP contribution in [0.2, 0.25) is 0 Å². The second-order valence-corrected chi connectivity index (χ2v) is 15.2. The number of rotatable bonds is 0. The molecule has 2 saturated carbocycles. The molecule has 10 heteroatoms. The van der Waals surface area contributed by atoms with Crippen molar-refractivity contribution in [1.82, 2.24) is 4.90 Å². The Morgan fingerprint density at radius 3 is 1.91 bits per heavy atom. The fourth-order valence-corrected chi connectivity index (χ4v) is 11.5. The molecule has 254 valence electrons. The fraction of sp³-hybridized carbons (Fsp3) is 0.622. The number of carbonyl (C=O) groups excluding carboxylic acids is 2. The van der Waals surface area contributed by atoms with Gasteiger partial charge in [-0.05, 0) is 81.3 Å². The number of ether oxygens (including phenoxy) is 2. The van der Waals surface area contributed by atoms with Crippen LogP contribution in [0.25, 0.3) is 0 Å². The van der Waals surface area contributed by atoms with Gasteiger partial charge in [-0.15, -0.1) is 0 Å². The Bertz CT molecular complexity index is 1620. The van der Waals surface area contributed by atoms with E-state index >= 15 is 0 Å². The van der Waals surface area contributed by atoms with Gasteiger partial charge in [0, 0.05) is 61.3 Å². The van der Waals surface area contributed by atoms with Gasteiger partial charge < -0.3 is 29.3 Å². The molecular weight excluding hydrogens is 600 g/mol. The monoisotopic (exact) mass is 648 g/mol. The number of hydrogen-bond donors (Lipinski definition) is 3. The van der Waals surface area contributed by atoms with Gasteiger partial charge in [0.1, 0.15) is 11.5 Å². The Kier molecular flexibility index (Phi) is 7.89. The molecule has 4 aliphatic heterocycles. The maximum absolute atomic E-state index is 13.0. The Balaban J connectivity index is 0.000000136. The number of Topliss-reactive ketones (excluding diaryl/α,β-unsaturated/α-hetero) is 2. The smallest absolute Gasteiger partial charge is 0.174 e. The Hall–Kier alpha value is -2.86. The van der Waals surface area contributed by atoms with E-state index < -0.39 is 0 Å². The first-order chi connectivity index (χ1) is 22.6. The summed E-state index contributed by atoms with van der Waals surface area (Å²) >= 11 is 0. The van der Waals surface area contributed by atoms with Gasteiger partial charge in [0.2, 0.25) is 0 Å². The average molecular weight is 649 g/mol. The number of quaternary nitrogens is 1. The zero-order valence-electron chi connectivity index (χ0n) is 28.1. The van der Waals surface area contributed by atoms with Gasteiger partial charge in [-0.3, -0.25) is 20.1 Å². The van der Waals surface area contributed by atoms with Crippen molar-refractivity contribution >= 4 is 11.6 Å². The number of hydrogen-bond acceptors (Lipinski definition) is 9. The maximum atomic E-state index is 13.0. The van der Waals surface area contributed by atoms with Crippen molar-refractivity contribution in [2.24, 2.45) is 11.8 Å². The van der Waals surface area contributed by atoms with Crippen LogP contribution < -0.4 is 9.47 Å². The lowest BCUT2D eigenvalue weighted by Gasteiger charge is -2.62. The predicted octanol–water partition coefficient (Wildman–Crippen LogP) is 4.10. The first-order valence-electron chi connectivity index (χ1n) is 17.1. The van der Waals surface area contributed by atoms with E-state index in [1.807, 2.05) is 7.05 Å². The first-order valence-corrected chi connectivity index (χ1v) is 17.1. The van der Waals surface area contributed by atoms with Crippen LogP contribution in [0.4, 0.5) is 0 Å². The van der Waals surface area contributed by atoms with E-state index in [2.05, 4.69) is 50.1 Å². The van der Waals surface area contributed by atoms with E-state index in [-0.39, 0.29) is 39.5 Å². The molecule has 2 unspecified atom stereocenters. The summed E-state index contributed by atoms with van der Waals surface area (Å²) in [4.78, 5) is 27.7. The molecule has 10 rings (SSSR count). The third-order valence-electron chi connectivity index (χ3n) is 13.4. The normalized spacial score (nSPS) is 38.9. The fourth-order valence-electron chi connectivity index (χ4n) is 11.5. The van der Waals surface area contributed by atoms with Crippen LogP contribution >= 0.6 is 0 Å². The van der Waals surface area contributed by atoms with Crippen LogP contribution in [0.1, 0.15) is 71.9 Å². The molecule has 0 radical (unpaired) electrons. The lowest BCUT2D eigenvalue weighted by molar-refractivity contribution is -0.899. The molecule has 8 aliphatic rings. The number of carbonyl (C=O) groups is 2. The lowest BCUT2D eigenvalue weighted by Crippen LogP contribution is -2.70. The van der Waals surface area contributed by atoms with Crippen LogP contribution in [0.5, 0.6) is 11.5 Å². The highest BCUT2D eigenvalue weighted by molar-refractivity contribution is 5.89. The molecule has 47 heavy (non-hydrogen) atoms. The van der Waals surface area contributed by atoms with Crippen molar-refractivity contribution in [1.29, 1.82) is 0 Å². The first kappa shape index (κ1) is 32.7. The molecule has 4 bridgehead atoms. The van der Waals surface area contributed by atoms with Gasteiger partial charge in [-0.25, -0.2) is 0 Å². The number of aliphatic hydroxyl groups excluding tert-OH is 1. The van der Waals surface area contributed by atoms with Crippen molar-refractivity contribution in [3.63, 3.8) is 0 Å². The quantitative estimate of drug-likeness (QED) is 0.167. The van der Waals surface area contributed by atoms with Crippen LogP contribution in [0.3, 0.4) is 0 Å². The van der Waals surface area contributed by atoms with Gasteiger partial charge in [0.15, 0.2) is 23.8 Å². The maximum Gasteiger partial charge on any atom is 0.174 e. The summed E-state index contributed by atoms with van der Waals surface area (Å²) < 4.78 is 12.4. The molecular formula is C37H48N2O8. The van der Waals surface area contributed by atoms with Gasteiger partial charge in [-0.1, -0.05) is 24.3 Å². The van der Waals surface area contributed by atoms with Crippen LogP contribution in [0, 0.1) is 30.9 Å². The molecule has 4 fully saturated rings.